The Balaban J connectivity index is 2.38. The van der Waals surface area contributed by atoms with Gasteiger partial charge in [0, 0.05) is 22.9 Å². The number of nitrogens with zero attached hydrogens (tertiary/aromatic N) is 4. The minimum Gasteiger partial charge on any atom is -0.383 e. The number of aromatic nitrogens is 3. The molecule has 0 radical (unpaired) electrons. The van der Waals surface area contributed by atoms with Gasteiger partial charge in [-0.25, -0.2) is 15.0 Å². The standard InChI is InChI=1S/C15H23N5S/c1-9-12(16)18-14(15(3,4)5)19-13(9)20(6)7-11-10(2)17-8-21-11/h8H,7H2,1-6H3,(H2,16,18,19). The highest BCUT2D eigenvalue weighted by Gasteiger charge is 2.22. The summed E-state index contributed by atoms with van der Waals surface area (Å²) in [6.45, 7) is 11.0. The second-order valence-electron chi connectivity index (χ2n) is 6.35. The number of nitrogen functional groups attached to an aromatic ring is 1. The highest BCUT2D eigenvalue weighted by atomic mass is 32.1. The summed E-state index contributed by atoms with van der Waals surface area (Å²) in [5.74, 6) is 2.21. The molecule has 2 aromatic rings. The molecule has 6 heteroatoms. The van der Waals surface area contributed by atoms with Gasteiger partial charge in [-0.15, -0.1) is 11.3 Å². The van der Waals surface area contributed by atoms with Gasteiger partial charge in [0.05, 0.1) is 17.7 Å². The van der Waals surface area contributed by atoms with E-state index in [9.17, 15) is 0 Å². The SMILES string of the molecule is Cc1ncsc1CN(C)c1nc(C(C)(C)C)nc(N)c1C. The molecule has 0 spiro atoms. The molecule has 0 amide bonds. The summed E-state index contributed by atoms with van der Waals surface area (Å²) in [6.07, 6.45) is 0. The van der Waals surface area contributed by atoms with Crippen LogP contribution in [0, 0.1) is 13.8 Å². The molecule has 0 bridgehead atoms. The lowest BCUT2D eigenvalue weighted by molar-refractivity contribution is 0.545. The summed E-state index contributed by atoms with van der Waals surface area (Å²) >= 11 is 1.66. The second kappa shape index (κ2) is 5.60. The van der Waals surface area contributed by atoms with Crippen molar-refractivity contribution in [2.24, 2.45) is 0 Å². The fraction of sp³-hybridized carbons (Fsp3) is 0.533. The normalized spacial score (nSPS) is 11.7. The average molecular weight is 305 g/mol. The van der Waals surface area contributed by atoms with E-state index >= 15 is 0 Å². The first-order chi connectivity index (χ1) is 9.70. The quantitative estimate of drug-likeness (QED) is 0.944. The van der Waals surface area contributed by atoms with Crippen LogP contribution in [0.4, 0.5) is 11.6 Å². The van der Waals surface area contributed by atoms with Crippen LogP contribution < -0.4 is 10.6 Å². The molecule has 114 valence electrons. The largest absolute Gasteiger partial charge is 0.383 e. The van der Waals surface area contributed by atoms with Crippen LogP contribution in [0.3, 0.4) is 0 Å². The number of nitrogens with two attached hydrogens (primary N) is 1. The molecule has 0 fully saturated rings. The molecule has 2 N–H and O–H groups in total. The van der Waals surface area contributed by atoms with Crippen LogP contribution in [0.25, 0.3) is 0 Å². The van der Waals surface area contributed by atoms with Crippen LogP contribution in [-0.4, -0.2) is 22.0 Å². The molecule has 0 aliphatic rings. The zero-order valence-corrected chi connectivity index (χ0v) is 14.4. The summed E-state index contributed by atoms with van der Waals surface area (Å²) in [6, 6.07) is 0. The first-order valence-electron chi connectivity index (χ1n) is 6.95. The van der Waals surface area contributed by atoms with Crippen molar-refractivity contribution in [3.05, 3.63) is 27.5 Å². The summed E-state index contributed by atoms with van der Waals surface area (Å²) < 4.78 is 0. The Bertz CT molecular complexity index is 642. The summed E-state index contributed by atoms with van der Waals surface area (Å²) in [5.41, 5.74) is 9.82. The number of aryl methyl sites for hydroxylation is 1. The van der Waals surface area contributed by atoms with E-state index in [-0.39, 0.29) is 5.41 Å². The van der Waals surface area contributed by atoms with E-state index in [0.717, 1.165) is 29.4 Å². The number of hydrogen-bond acceptors (Lipinski definition) is 6. The Morgan fingerprint density at radius 3 is 2.43 bits per heavy atom. The molecule has 0 unspecified atom stereocenters. The van der Waals surface area contributed by atoms with Gasteiger partial charge in [0.2, 0.25) is 0 Å². The molecule has 2 heterocycles. The van der Waals surface area contributed by atoms with Crippen molar-refractivity contribution in [3.8, 4) is 0 Å². The highest BCUT2D eigenvalue weighted by molar-refractivity contribution is 7.09. The molecule has 0 saturated heterocycles. The topological polar surface area (TPSA) is 67.9 Å². The molecule has 0 aliphatic carbocycles. The molecule has 2 aromatic heterocycles. The van der Waals surface area contributed by atoms with Crippen molar-refractivity contribution in [1.29, 1.82) is 0 Å². The van der Waals surface area contributed by atoms with Crippen molar-refractivity contribution >= 4 is 23.0 Å². The highest BCUT2D eigenvalue weighted by Crippen LogP contribution is 2.28. The van der Waals surface area contributed by atoms with Crippen LogP contribution in [0.1, 0.15) is 42.7 Å². The third-order valence-corrected chi connectivity index (χ3v) is 4.34. The molecular formula is C15H23N5S. The fourth-order valence-corrected chi connectivity index (χ4v) is 2.83. The molecule has 0 aromatic carbocycles. The Morgan fingerprint density at radius 2 is 1.90 bits per heavy atom. The Hall–Kier alpha value is -1.69. The lowest BCUT2D eigenvalue weighted by Crippen LogP contribution is -2.24. The third-order valence-electron chi connectivity index (χ3n) is 3.42. The van der Waals surface area contributed by atoms with Crippen LogP contribution in [0.5, 0.6) is 0 Å². The van der Waals surface area contributed by atoms with Crippen molar-refractivity contribution in [3.63, 3.8) is 0 Å². The molecule has 0 aliphatic heterocycles. The van der Waals surface area contributed by atoms with Gasteiger partial charge in [0.25, 0.3) is 0 Å². The zero-order valence-electron chi connectivity index (χ0n) is 13.6. The van der Waals surface area contributed by atoms with Crippen LogP contribution >= 0.6 is 11.3 Å². The first-order valence-corrected chi connectivity index (χ1v) is 7.82. The van der Waals surface area contributed by atoms with E-state index in [1.165, 1.54) is 4.88 Å². The van der Waals surface area contributed by atoms with Gasteiger partial charge in [-0.2, -0.15) is 0 Å². The van der Waals surface area contributed by atoms with Gasteiger partial charge in [0.15, 0.2) is 0 Å². The van der Waals surface area contributed by atoms with Crippen molar-refractivity contribution in [2.45, 2.75) is 46.6 Å². The van der Waals surface area contributed by atoms with E-state index in [4.69, 9.17) is 10.7 Å². The predicted molar refractivity (Wildman–Crippen MR) is 88.8 cm³/mol. The van der Waals surface area contributed by atoms with E-state index in [2.05, 4.69) is 35.6 Å². The maximum Gasteiger partial charge on any atom is 0.138 e. The number of thiazole rings is 1. The summed E-state index contributed by atoms with van der Waals surface area (Å²) in [5, 5.41) is 0. The van der Waals surface area contributed by atoms with E-state index in [1.54, 1.807) is 11.3 Å². The fourth-order valence-electron chi connectivity index (χ4n) is 2.00. The lowest BCUT2D eigenvalue weighted by Gasteiger charge is -2.24. The van der Waals surface area contributed by atoms with E-state index < -0.39 is 0 Å². The van der Waals surface area contributed by atoms with Crippen molar-refractivity contribution in [1.82, 2.24) is 15.0 Å². The number of rotatable bonds is 3. The van der Waals surface area contributed by atoms with Gasteiger partial charge in [0.1, 0.15) is 17.5 Å². The lowest BCUT2D eigenvalue weighted by atomic mass is 9.95. The van der Waals surface area contributed by atoms with Gasteiger partial charge in [-0.3, -0.25) is 0 Å². The van der Waals surface area contributed by atoms with Crippen molar-refractivity contribution < 1.29 is 0 Å². The smallest absolute Gasteiger partial charge is 0.138 e. The minimum absolute atomic E-state index is 0.127. The van der Waals surface area contributed by atoms with Crippen LogP contribution in [-0.2, 0) is 12.0 Å². The molecule has 2 rings (SSSR count). The number of hydrogen-bond donors (Lipinski definition) is 1. The maximum absolute atomic E-state index is 6.07. The van der Waals surface area contributed by atoms with Crippen molar-refractivity contribution in [2.75, 3.05) is 17.7 Å². The Labute approximate surface area is 130 Å². The first kappa shape index (κ1) is 15.7. The molecule has 5 nitrogen and oxygen atoms in total. The third kappa shape index (κ3) is 3.32. The van der Waals surface area contributed by atoms with Crippen LogP contribution in [0.2, 0.25) is 0 Å². The minimum atomic E-state index is -0.127. The average Bonchev–Trinajstić information content (AvgIpc) is 2.76. The molecule has 21 heavy (non-hydrogen) atoms. The van der Waals surface area contributed by atoms with Gasteiger partial charge >= 0.3 is 0 Å². The zero-order chi connectivity index (χ0) is 15.8. The van der Waals surface area contributed by atoms with Gasteiger partial charge < -0.3 is 10.6 Å². The molecule has 0 atom stereocenters. The Kier molecular flexibility index (Phi) is 4.18. The predicted octanol–water partition coefficient (Wildman–Crippen LogP) is 3.07. The maximum atomic E-state index is 6.07. The van der Waals surface area contributed by atoms with Crippen LogP contribution in [0.15, 0.2) is 5.51 Å². The Morgan fingerprint density at radius 1 is 1.24 bits per heavy atom. The van der Waals surface area contributed by atoms with E-state index in [0.29, 0.717) is 5.82 Å². The number of anilines is 2. The molecular weight excluding hydrogens is 282 g/mol. The summed E-state index contributed by atoms with van der Waals surface area (Å²) in [4.78, 5) is 16.8. The monoisotopic (exact) mass is 305 g/mol. The van der Waals surface area contributed by atoms with Gasteiger partial charge in [-0.1, -0.05) is 20.8 Å². The van der Waals surface area contributed by atoms with Gasteiger partial charge in [-0.05, 0) is 13.8 Å². The molecule has 0 saturated carbocycles. The summed E-state index contributed by atoms with van der Waals surface area (Å²) in [7, 11) is 2.03. The second-order valence-corrected chi connectivity index (χ2v) is 7.29. The van der Waals surface area contributed by atoms with E-state index in [1.807, 2.05) is 26.4 Å².